The summed E-state index contributed by atoms with van der Waals surface area (Å²) in [5.74, 6) is 0.886. The van der Waals surface area contributed by atoms with E-state index in [4.69, 9.17) is 15.2 Å². The molecule has 16 heavy (non-hydrogen) atoms. The first-order chi connectivity index (χ1) is 7.67. The van der Waals surface area contributed by atoms with Crippen LogP contribution >= 0.6 is 0 Å². The molecule has 0 aliphatic heterocycles. The lowest BCUT2D eigenvalue weighted by Crippen LogP contribution is -2.15. The van der Waals surface area contributed by atoms with Gasteiger partial charge in [-0.1, -0.05) is 17.7 Å². The minimum absolute atomic E-state index is 0.146. The molecule has 1 aromatic rings. The largest absolute Gasteiger partial charge is 0.490 e. The standard InChI is InChI=1S/C13H21NO2/c1-10-4-5-13(12(8-10)9-14)16-11(2)6-7-15-3/h4-5,8,11H,6-7,9,14H2,1-3H3. The summed E-state index contributed by atoms with van der Waals surface area (Å²) in [6.07, 6.45) is 1.03. The normalized spacial score (nSPS) is 12.5. The van der Waals surface area contributed by atoms with Gasteiger partial charge in [0, 0.05) is 32.2 Å². The second-order valence-corrected chi connectivity index (χ2v) is 4.03. The second-order valence-electron chi connectivity index (χ2n) is 4.03. The van der Waals surface area contributed by atoms with Crippen molar-refractivity contribution < 1.29 is 9.47 Å². The fourth-order valence-electron chi connectivity index (χ4n) is 1.54. The maximum absolute atomic E-state index is 5.83. The van der Waals surface area contributed by atoms with Crippen molar-refractivity contribution in [1.29, 1.82) is 0 Å². The molecule has 90 valence electrons. The van der Waals surface area contributed by atoms with E-state index in [9.17, 15) is 0 Å². The Kier molecular flexibility index (Phi) is 5.29. The topological polar surface area (TPSA) is 44.5 Å². The fourth-order valence-corrected chi connectivity index (χ4v) is 1.54. The van der Waals surface area contributed by atoms with Crippen LogP contribution in [0.15, 0.2) is 18.2 Å². The third kappa shape index (κ3) is 3.83. The van der Waals surface area contributed by atoms with Gasteiger partial charge in [0.25, 0.3) is 0 Å². The van der Waals surface area contributed by atoms with Gasteiger partial charge in [0.15, 0.2) is 0 Å². The monoisotopic (exact) mass is 223 g/mol. The Morgan fingerprint density at radius 1 is 1.38 bits per heavy atom. The Balaban J connectivity index is 2.65. The number of hydrogen-bond acceptors (Lipinski definition) is 3. The molecule has 1 aromatic carbocycles. The third-order valence-electron chi connectivity index (χ3n) is 2.49. The molecule has 1 unspecified atom stereocenters. The van der Waals surface area contributed by atoms with Crippen molar-refractivity contribution in [2.24, 2.45) is 5.73 Å². The average molecular weight is 223 g/mol. The quantitative estimate of drug-likeness (QED) is 0.804. The van der Waals surface area contributed by atoms with Crippen molar-refractivity contribution in [3.63, 3.8) is 0 Å². The Bertz CT molecular complexity index is 326. The van der Waals surface area contributed by atoms with E-state index in [1.54, 1.807) is 7.11 Å². The van der Waals surface area contributed by atoms with Gasteiger partial charge in [-0.3, -0.25) is 0 Å². The zero-order valence-electron chi connectivity index (χ0n) is 10.3. The predicted molar refractivity (Wildman–Crippen MR) is 65.7 cm³/mol. The van der Waals surface area contributed by atoms with E-state index in [0.29, 0.717) is 13.2 Å². The van der Waals surface area contributed by atoms with Crippen LogP contribution in [0.3, 0.4) is 0 Å². The minimum Gasteiger partial charge on any atom is -0.490 e. The molecule has 1 rings (SSSR count). The number of rotatable bonds is 6. The highest BCUT2D eigenvalue weighted by molar-refractivity contribution is 5.36. The number of benzene rings is 1. The average Bonchev–Trinajstić information content (AvgIpc) is 2.28. The lowest BCUT2D eigenvalue weighted by atomic mass is 10.1. The van der Waals surface area contributed by atoms with E-state index < -0.39 is 0 Å². The van der Waals surface area contributed by atoms with E-state index >= 15 is 0 Å². The van der Waals surface area contributed by atoms with Crippen LogP contribution in [0, 0.1) is 6.92 Å². The second kappa shape index (κ2) is 6.51. The summed E-state index contributed by atoms with van der Waals surface area (Å²) in [4.78, 5) is 0. The van der Waals surface area contributed by atoms with Gasteiger partial charge >= 0.3 is 0 Å². The van der Waals surface area contributed by atoms with Crippen LogP contribution in [-0.2, 0) is 11.3 Å². The van der Waals surface area contributed by atoms with Crippen molar-refractivity contribution in [1.82, 2.24) is 0 Å². The van der Waals surface area contributed by atoms with Crippen LogP contribution in [0.5, 0.6) is 5.75 Å². The molecule has 0 fully saturated rings. The van der Waals surface area contributed by atoms with Crippen molar-refractivity contribution >= 4 is 0 Å². The summed E-state index contributed by atoms with van der Waals surface area (Å²) in [6.45, 7) is 5.31. The molecule has 0 aliphatic rings. The first-order valence-electron chi connectivity index (χ1n) is 5.62. The molecule has 0 aliphatic carbocycles. The molecular formula is C13H21NO2. The first kappa shape index (κ1) is 13.0. The van der Waals surface area contributed by atoms with Gasteiger partial charge in [-0.05, 0) is 19.9 Å². The molecule has 0 heterocycles. The Hall–Kier alpha value is -1.06. The van der Waals surface area contributed by atoms with Gasteiger partial charge in [0.1, 0.15) is 5.75 Å². The van der Waals surface area contributed by atoms with Crippen LogP contribution in [-0.4, -0.2) is 19.8 Å². The zero-order chi connectivity index (χ0) is 12.0. The van der Waals surface area contributed by atoms with E-state index in [1.807, 2.05) is 19.1 Å². The molecule has 0 radical (unpaired) electrons. The van der Waals surface area contributed by atoms with Crippen LogP contribution in [0.1, 0.15) is 24.5 Å². The number of methoxy groups -OCH3 is 1. The molecule has 0 saturated heterocycles. The van der Waals surface area contributed by atoms with Crippen LogP contribution in [0.4, 0.5) is 0 Å². The highest BCUT2D eigenvalue weighted by Gasteiger charge is 2.07. The van der Waals surface area contributed by atoms with E-state index in [-0.39, 0.29) is 6.10 Å². The summed E-state index contributed by atoms with van der Waals surface area (Å²) >= 11 is 0. The van der Waals surface area contributed by atoms with Gasteiger partial charge < -0.3 is 15.2 Å². The summed E-state index contributed by atoms with van der Waals surface area (Å²) in [5, 5.41) is 0. The minimum atomic E-state index is 0.146. The molecule has 3 nitrogen and oxygen atoms in total. The SMILES string of the molecule is COCCC(C)Oc1ccc(C)cc1CN. The Morgan fingerprint density at radius 2 is 2.12 bits per heavy atom. The molecular weight excluding hydrogens is 202 g/mol. The molecule has 3 heteroatoms. The molecule has 0 amide bonds. The van der Waals surface area contributed by atoms with E-state index in [1.165, 1.54) is 5.56 Å². The van der Waals surface area contributed by atoms with Crippen molar-refractivity contribution in [3.05, 3.63) is 29.3 Å². The summed E-state index contributed by atoms with van der Waals surface area (Å²) in [6, 6.07) is 6.09. The molecule has 1 atom stereocenters. The number of hydrogen-bond donors (Lipinski definition) is 1. The smallest absolute Gasteiger partial charge is 0.124 e. The summed E-state index contributed by atoms with van der Waals surface area (Å²) in [7, 11) is 1.70. The van der Waals surface area contributed by atoms with Crippen molar-refractivity contribution in [3.8, 4) is 5.75 Å². The van der Waals surface area contributed by atoms with E-state index in [0.717, 1.165) is 17.7 Å². The van der Waals surface area contributed by atoms with Crippen molar-refractivity contribution in [2.75, 3.05) is 13.7 Å². The maximum Gasteiger partial charge on any atom is 0.124 e. The van der Waals surface area contributed by atoms with Gasteiger partial charge in [-0.25, -0.2) is 0 Å². The summed E-state index contributed by atoms with van der Waals surface area (Å²) in [5.41, 5.74) is 7.96. The van der Waals surface area contributed by atoms with Crippen molar-refractivity contribution in [2.45, 2.75) is 32.9 Å². The highest BCUT2D eigenvalue weighted by atomic mass is 16.5. The number of ether oxygens (including phenoxy) is 2. The molecule has 0 spiro atoms. The van der Waals surface area contributed by atoms with Gasteiger partial charge in [0.05, 0.1) is 6.10 Å². The first-order valence-corrected chi connectivity index (χ1v) is 5.62. The molecule has 0 bridgehead atoms. The van der Waals surface area contributed by atoms with Gasteiger partial charge in [-0.15, -0.1) is 0 Å². The number of aryl methyl sites for hydroxylation is 1. The lowest BCUT2D eigenvalue weighted by Gasteiger charge is -2.17. The fraction of sp³-hybridized carbons (Fsp3) is 0.538. The third-order valence-corrected chi connectivity index (χ3v) is 2.49. The highest BCUT2D eigenvalue weighted by Crippen LogP contribution is 2.21. The Morgan fingerprint density at radius 3 is 2.75 bits per heavy atom. The van der Waals surface area contributed by atoms with E-state index in [2.05, 4.69) is 13.0 Å². The summed E-state index contributed by atoms with van der Waals surface area (Å²) < 4.78 is 10.9. The Labute approximate surface area is 97.6 Å². The van der Waals surface area contributed by atoms with Crippen LogP contribution < -0.4 is 10.5 Å². The number of nitrogens with two attached hydrogens (primary N) is 1. The molecule has 2 N–H and O–H groups in total. The molecule has 0 saturated carbocycles. The van der Waals surface area contributed by atoms with Crippen LogP contribution in [0.25, 0.3) is 0 Å². The molecule has 0 aromatic heterocycles. The van der Waals surface area contributed by atoms with Crippen LogP contribution in [0.2, 0.25) is 0 Å². The van der Waals surface area contributed by atoms with Gasteiger partial charge in [0.2, 0.25) is 0 Å². The lowest BCUT2D eigenvalue weighted by molar-refractivity contribution is 0.134. The maximum atomic E-state index is 5.83. The zero-order valence-corrected chi connectivity index (χ0v) is 10.3. The predicted octanol–water partition coefficient (Wildman–Crippen LogP) is 2.26. The van der Waals surface area contributed by atoms with Gasteiger partial charge in [-0.2, -0.15) is 0 Å².